The molecule has 0 atom stereocenters. The largest absolute Gasteiger partial charge is 0.354 e. The normalized spacial score (nSPS) is 19.4. The Morgan fingerprint density at radius 2 is 1.78 bits per heavy atom. The van der Waals surface area contributed by atoms with E-state index in [1.807, 2.05) is 13.8 Å². The fourth-order valence-corrected chi connectivity index (χ4v) is 3.12. The van der Waals surface area contributed by atoms with Crippen molar-refractivity contribution < 1.29 is 13.2 Å². The van der Waals surface area contributed by atoms with Crippen molar-refractivity contribution in [2.24, 2.45) is 5.92 Å². The predicted octanol–water partition coefficient (Wildman–Crippen LogP) is 0.0294. The summed E-state index contributed by atoms with van der Waals surface area (Å²) in [5.41, 5.74) is 0. The standard InChI is InChI=1S/C11H23N3O3S/c1-9(2)12-11(15)10-5-7-14(8-6-10)18(16,17)13(3)4/h9-10H,5-8H2,1-4H3,(H,12,15). The molecule has 1 amide bonds. The zero-order valence-corrected chi connectivity index (χ0v) is 12.3. The van der Waals surface area contributed by atoms with Gasteiger partial charge in [-0.15, -0.1) is 0 Å². The molecule has 1 saturated heterocycles. The quantitative estimate of drug-likeness (QED) is 0.788. The molecule has 0 aliphatic carbocycles. The number of carbonyl (C=O) groups excluding carboxylic acids is 1. The minimum absolute atomic E-state index is 0.0342. The Kier molecular flexibility index (Phi) is 5.12. The van der Waals surface area contributed by atoms with Gasteiger partial charge in [0.05, 0.1) is 0 Å². The van der Waals surface area contributed by atoms with Crippen LogP contribution in [0.5, 0.6) is 0 Å². The fourth-order valence-electron chi connectivity index (χ4n) is 1.98. The first-order valence-electron chi connectivity index (χ1n) is 6.23. The highest BCUT2D eigenvalue weighted by molar-refractivity contribution is 7.86. The molecule has 1 rings (SSSR count). The molecule has 1 heterocycles. The van der Waals surface area contributed by atoms with Gasteiger partial charge in [0.1, 0.15) is 0 Å². The second kappa shape index (κ2) is 5.99. The van der Waals surface area contributed by atoms with Gasteiger partial charge in [-0.25, -0.2) is 0 Å². The lowest BCUT2D eigenvalue weighted by atomic mass is 9.97. The molecular formula is C11H23N3O3S. The molecule has 1 fully saturated rings. The summed E-state index contributed by atoms with van der Waals surface area (Å²) in [6, 6.07) is 0.126. The molecule has 0 bridgehead atoms. The van der Waals surface area contributed by atoms with E-state index in [9.17, 15) is 13.2 Å². The third-order valence-electron chi connectivity index (χ3n) is 3.04. The van der Waals surface area contributed by atoms with Gasteiger partial charge in [0.2, 0.25) is 5.91 Å². The molecule has 1 aliphatic heterocycles. The van der Waals surface area contributed by atoms with Crippen LogP contribution in [0.1, 0.15) is 26.7 Å². The van der Waals surface area contributed by atoms with Gasteiger partial charge in [0, 0.05) is 39.1 Å². The number of carbonyl (C=O) groups is 1. The summed E-state index contributed by atoms with van der Waals surface area (Å²) in [5.74, 6) is -0.0343. The Labute approximate surface area is 110 Å². The summed E-state index contributed by atoms with van der Waals surface area (Å²) in [5, 5.41) is 2.87. The number of rotatable bonds is 4. The lowest BCUT2D eigenvalue weighted by Gasteiger charge is -2.32. The number of piperidine rings is 1. The lowest BCUT2D eigenvalue weighted by Crippen LogP contribution is -2.47. The van der Waals surface area contributed by atoms with Crippen LogP contribution in [-0.4, -0.2) is 56.2 Å². The van der Waals surface area contributed by atoms with Crippen LogP contribution in [0.3, 0.4) is 0 Å². The number of nitrogens with one attached hydrogen (secondary N) is 1. The third kappa shape index (κ3) is 3.66. The van der Waals surface area contributed by atoms with Crippen molar-refractivity contribution in [2.75, 3.05) is 27.2 Å². The van der Waals surface area contributed by atoms with E-state index in [2.05, 4.69) is 5.32 Å². The van der Waals surface area contributed by atoms with Crippen LogP contribution in [0.4, 0.5) is 0 Å². The average molecular weight is 277 g/mol. The van der Waals surface area contributed by atoms with Gasteiger partial charge in [-0.2, -0.15) is 17.0 Å². The van der Waals surface area contributed by atoms with Gasteiger partial charge in [-0.05, 0) is 26.7 Å². The molecule has 7 heteroatoms. The molecule has 0 saturated carbocycles. The Hall–Kier alpha value is -0.660. The maximum absolute atomic E-state index is 11.9. The van der Waals surface area contributed by atoms with Crippen LogP contribution < -0.4 is 5.32 Å². The molecular weight excluding hydrogens is 254 g/mol. The maximum Gasteiger partial charge on any atom is 0.281 e. The molecule has 0 spiro atoms. The van der Waals surface area contributed by atoms with Gasteiger partial charge in [-0.3, -0.25) is 4.79 Å². The highest BCUT2D eigenvalue weighted by atomic mass is 32.2. The van der Waals surface area contributed by atoms with E-state index in [-0.39, 0.29) is 17.9 Å². The molecule has 0 aromatic heterocycles. The zero-order valence-electron chi connectivity index (χ0n) is 11.5. The van der Waals surface area contributed by atoms with Crippen molar-refractivity contribution in [3.63, 3.8) is 0 Å². The fraction of sp³-hybridized carbons (Fsp3) is 0.909. The van der Waals surface area contributed by atoms with Crippen molar-refractivity contribution in [1.29, 1.82) is 0 Å². The molecule has 106 valence electrons. The number of amides is 1. The maximum atomic E-state index is 11.9. The summed E-state index contributed by atoms with van der Waals surface area (Å²) in [6.45, 7) is 4.67. The molecule has 1 aliphatic rings. The van der Waals surface area contributed by atoms with Crippen LogP contribution in [-0.2, 0) is 15.0 Å². The van der Waals surface area contributed by atoms with Gasteiger partial charge in [0.25, 0.3) is 10.2 Å². The second-order valence-corrected chi connectivity index (χ2v) is 7.27. The van der Waals surface area contributed by atoms with Gasteiger partial charge >= 0.3 is 0 Å². The Morgan fingerprint density at radius 3 is 2.17 bits per heavy atom. The van der Waals surface area contributed by atoms with E-state index in [1.165, 1.54) is 22.7 Å². The summed E-state index contributed by atoms with van der Waals surface area (Å²) >= 11 is 0. The van der Waals surface area contributed by atoms with E-state index >= 15 is 0 Å². The lowest BCUT2D eigenvalue weighted by molar-refractivity contribution is -0.126. The second-order valence-electron chi connectivity index (χ2n) is 5.13. The third-order valence-corrected chi connectivity index (χ3v) is 4.98. The molecule has 0 unspecified atom stereocenters. The van der Waals surface area contributed by atoms with Crippen LogP contribution >= 0.6 is 0 Å². The molecule has 1 N–H and O–H groups in total. The number of hydrogen-bond donors (Lipinski definition) is 1. The van der Waals surface area contributed by atoms with E-state index in [1.54, 1.807) is 0 Å². The van der Waals surface area contributed by atoms with Crippen LogP contribution in [0.2, 0.25) is 0 Å². The Bertz CT molecular complexity index is 384. The van der Waals surface area contributed by atoms with Crippen LogP contribution in [0.15, 0.2) is 0 Å². The van der Waals surface area contributed by atoms with Crippen molar-refractivity contribution in [3.05, 3.63) is 0 Å². The van der Waals surface area contributed by atoms with E-state index < -0.39 is 10.2 Å². The first kappa shape index (κ1) is 15.4. The van der Waals surface area contributed by atoms with Crippen LogP contribution in [0, 0.1) is 5.92 Å². The van der Waals surface area contributed by atoms with Gasteiger partial charge < -0.3 is 5.32 Å². The average Bonchev–Trinajstić information content (AvgIpc) is 2.28. The summed E-state index contributed by atoms with van der Waals surface area (Å²) in [4.78, 5) is 11.8. The van der Waals surface area contributed by atoms with Crippen molar-refractivity contribution in [2.45, 2.75) is 32.7 Å². The highest BCUT2D eigenvalue weighted by Gasteiger charge is 2.32. The van der Waals surface area contributed by atoms with Gasteiger partial charge in [0.15, 0.2) is 0 Å². The number of nitrogens with zero attached hydrogens (tertiary/aromatic N) is 2. The minimum Gasteiger partial charge on any atom is -0.354 e. The highest BCUT2D eigenvalue weighted by Crippen LogP contribution is 2.20. The summed E-state index contributed by atoms with van der Waals surface area (Å²) < 4.78 is 26.4. The van der Waals surface area contributed by atoms with Crippen LogP contribution in [0.25, 0.3) is 0 Å². The smallest absolute Gasteiger partial charge is 0.281 e. The topological polar surface area (TPSA) is 69.7 Å². The number of hydrogen-bond acceptors (Lipinski definition) is 3. The Morgan fingerprint density at radius 1 is 1.28 bits per heavy atom. The predicted molar refractivity (Wildman–Crippen MR) is 70.2 cm³/mol. The van der Waals surface area contributed by atoms with Crippen molar-refractivity contribution in [1.82, 2.24) is 13.9 Å². The SMILES string of the molecule is CC(C)NC(=O)C1CCN(S(=O)(=O)N(C)C)CC1. The molecule has 0 radical (unpaired) electrons. The van der Waals surface area contributed by atoms with E-state index in [4.69, 9.17) is 0 Å². The van der Waals surface area contributed by atoms with E-state index in [0.29, 0.717) is 25.9 Å². The molecule has 0 aromatic rings. The first-order chi connectivity index (χ1) is 8.25. The summed E-state index contributed by atoms with van der Waals surface area (Å²) in [7, 11) is -0.296. The summed E-state index contributed by atoms with van der Waals surface area (Å²) in [6.07, 6.45) is 1.18. The molecule has 6 nitrogen and oxygen atoms in total. The monoisotopic (exact) mass is 277 g/mol. The van der Waals surface area contributed by atoms with Crippen molar-refractivity contribution >= 4 is 16.1 Å². The van der Waals surface area contributed by atoms with Gasteiger partial charge in [-0.1, -0.05) is 0 Å². The van der Waals surface area contributed by atoms with Crippen molar-refractivity contribution in [3.8, 4) is 0 Å². The Balaban J connectivity index is 2.54. The molecule has 18 heavy (non-hydrogen) atoms. The first-order valence-corrected chi connectivity index (χ1v) is 7.62. The van der Waals surface area contributed by atoms with E-state index in [0.717, 1.165) is 0 Å². The molecule has 0 aromatic carbocycles. The minimum atomic E-state index is -3.34. The zero-order chi connectivity index (χ0) is 13.9.